The van der Waals surface area contributed by atoms with E-state index in [1.54, 1.807) is 0 Å². The topological polar surface area (TPSA) is 115 Å². The zero-order valence-electron chi connectivity index (χ0n) is 24.1. The van der Waals surface area contributed by atoms with Gasteiger partial charge in [0.1, 0.15) is 17.8 Å². The summed E-state index contributed by atoms with van der Waals surface area (Å²) in [5.41, 5.74) is -0.248. The average Bonchev–Trinajstić information content (AvgIpc) is 3.62. The average molecular weight is 534 g/mol. The highest BCUT2D eigenvalue weighted by atomic mass is 16.6. The third-order valence-electron chi connectivity index (χ3n) is 6.25. The minimum absolute atomic E-state index is 0.0566. The van der Waals surface area contributed by atoms with E-state index in [2.05, 4.69) is 16.0 Å². The maximum absolute atomic E-state index is 12.5. The highest BCUT2D eigenvalue weighted by Gasteiger charge is 2.34. The molecule has 3 N–H and O–H groups in total. The van der Waals surface area contributed by atoms with E-state index >= 15 is 0 Å². The zero-order chi connectivity index (χ0) is 28.3. The molecule has 1 unspecified atom stereocenters. The molecule has 0 spiro atoms. The maximum atomic E-state index is 12.5. The predicted octanol–water partition coefficient (Wildman–Crippen LogP) is 5.77. The number of carbonyl (C=O) groups is 3. The molecule has 0 aromatic heterocycles. The minimum atomic E-state index is -0.608. The smallest absolute Gasteiger partial charge is 0.407 e. The van der Waals surface area contributed by atoms with Crippen LogP contribution in [0.15, 0.2) is 30.3 Å². The number of hydrogen-bond donors (Lipinski definition) is 3. The molecule has 3 amide bonds. The SMILES string of the molecule is C[C@@H](NC(=O)OC(C)(C)C)[C@H](CNC(=O)OCc1ccccc1)CC(CCNC(=O)OC(C)(C)C)C1CC1. The van der Waals surface area contributed by atoms with Crippen molar-refractivity contribution in [2.24, 2.45) is 17.8 Å². The molecule has 1 aromatic rings. The van der Waals surface area contributed by atoms with Crippen molar-refractivity contribution in [2.75, 3.05) is 13.1 Å². The fourth-order valence-corrected chi connectivity index (χ4v) is 4.24. The minimum Gasteiger partial charge on any atom is -0.445 e. The Morgan fingerprint density at radius 3 is 2.08 bits per heavy atom. The first-order valence-corrected chi connectivity index (χ1v) is 13.6. The molecule has 3 atom stereocenters. The second-order valence-corrected chi connectivity index (χ2v) is 12.2. The molecule has 1 aromatic carbocycles. The van der Waals surface area contributed by atoms with Crippen LogP contribution in [0.4, 0.5) is 14.4 Å². The number of ether oxygens (including phenoxy) is 3. The molecular weight excluding hydrogens is 486 g/mol. The van der Waals surface area contributed by atoms with E-state index in [-0.39, 0.29) is 18.6 Å². The van der Waals surface area contributed by atoms with Crippen LogP contribution >= 0.6 is 0 Å². The van der Waals surface area contributed by atoms with Gasteiger partial charge in [-0.2, -0.15) is 0 Å². The lowest BCUT2D eigenvalue weighted by atomic mass is 9.84. The highest BCUT2D eigenvalue weighted by Crippen LogP contribution is 2.42. The Morgan fingerprint density at radius 1 is 0.895 bits per heavy atom. The summed E-state index contributed by atoms with van der Waals surface area (Å²) in [4.78, 5) is 37.0. The Kier molecular flexibility index (Phi) is 11.7. The van der Waals surface area contributed by atoms with Crippen LogP contribution in [0.2, 0.25) is 0 Å². The van der Waals surface area contributed by atoms with Crippen molar-refractivity contribution in [3.63, 3.8) is 0 Å². The quantitative estimate of drug-likeness (QED) is 0.294. The van der Waals surface area contributed by atoms with Gasteiger partial charge in [-0.25, -0.2) is 14.4 Å². The van der Waals surface area contributed by atoms with Crippen molar-refractivity contribution in [2.45, 2.75) is 98.0 Å². The molecule has 0 heterocycles. The van der Waals surface area contributed by atoms with Crippen LogP contribution in [-0.2, 0) is 20.8 Å². The van der Waals surface area contributed by atoms with Gasteiger partial charge in [-0.1, -0.05) is 30.3 Å². The molecule has 38 heavy (non-hydrogen) atoms. The Labute approximate surface area is 227 Å². The normalized spacial score (nSPS) is 16.0. The summed E-state index contributed by atoms with van der Waals surface area (Å²) in [6, 6.07) is 9.24. The number of alkyl carbamates (subject to hydrolysis) is 3. The molecule has 0 radical (unpaired) electrons. The summed E-state index contributed by atoms with van der Waals surface area (Å²) in [6.45, 7) is 13.9. The second-order valence-electron chi connectivity index (χ2n) is 12.2. The van der Waals surface area contributed by atoms with Gasteiger partial charge in [-0.15, -0.1) is 0 Å². The molecule has 1 aliphatic rings. The van der Waals surface area contributed by atoms with Gasteiger partial charge in [0.2, 0.25) is 0 Å². The van der Waals surface area contributed by atoms with Crippen LogP contribution in [0.25, 0.3) is 0 Å². The van der Waals surface area contributed by atoms with Crippen LogP contribution in [-0.4, -0.2) is 48.6 Å². The van der Waals surface area contributed by atoms with Crippen LogP contribution in [0.3, 0.4) is 0 Å². The fraction of sp³-hybridized carbons (Fsp3) is 0.690. The summed E-state index contributed by atoms with van der Waals surface area (Å²) >= 11 is 0. The Hall–Kier alpha value is -2.97. The van der Waals surface area contributed by atoms with Crippen LogP contribution in [0, 0.1) is 17.8 Å². The molecule has 9 nitrogen and oxygen atoms in total. The predicted molar refractivity (Wildman–Crippen MR) is 147 cm³/mol. The van der Waals surface area contributed by atoms with Crippen molar-refractivity contribution in [1.29, 1.82) is 0 Å². The standard InChI is InChI=1S/C29H47N3O6/c1-20(32-27(35)38-29(5,6)7)24(18-31-25(33)36-19-21-11-9-8-10-12-21)17-23(22-13-14-22)15-16-30-26(34)37-28(2,3)4/h8-12,20,22-24H,13-19H2,1-7H3,(H,30,34)(H,31,33)(H,32,35)/t20-,23?,24+/m1/s1. The van der Waals surface area contributed by atoms with Crippen LogP contribution < -0.4 is 16.0 Å². The number of carbonyl (C=O) groups excluding carboxylic acids is 3. The molecule has 214 valence electrons. The molecule has 0 bridgehead atoms. The van der Waals surface area contributed by atoms with Gasteiger partial charge in [0.05, 0.1) is 0 Å². The molecule has 1 saturated carbocycles. The van der Waals surface area contributed by atoms with E-state index in [0.29, 0.717) is 24.9 Å². The first-order chi connectivity index (χ1) is 17.7. The van der Waals surface area contributed by atoms with Crippen molar-refractivity contribution < 1.29 is 28.6 Å². The monoisotopic (exact) mass is 533 g/mol. The molecule has 2 rings (SSSR count). The number of benzene rings is 1. The molecule has 9 heteroatoms. The lowest BCUT2D eigenvalue weighted by Crippen LogP contribution is -2.45. The van der Waals surface area contributed by atoms with Gasteiger partial charge >= 0.3 is 18.3 Å². The number of nitrogens with one attached hydrogen (secondary N) is 3. The van der Waals surface area contributed by atoms with E-state index in [9.17, 15) is 14.4 Å². The Morgan fingerprint density at radius 2 is 1.50 bits per heavy atom. The van der Waals surface area contributed by atoms with Gasteiger partial charge in [-0.3, -0.25) is 0 Å². The van der Waals surface area contributed by atoms with Gasteiger partial charge < -0.3 is 30.2 Å². The van der Waals surface area contributed by atoms with Gasteiger partial charge in [0.25, 0.3) is 0 Å². The zero-order valence-corrected chi connectivity index (χ0v) is 24.1. The Balaban J connectivity index is 1.97. The lowest BCUT2D eigenvalue weighted by Gasteiger charge is -2.30. The van der Waals surface area contributed by atoms with Crippen LogP contribution in [0.1, 0.15) is 79.7 Å². The van der Waals surface area contributed by atoms with E-state index < -0.39 is 29.5 Å². The molecule has 0 aliphatic heterocycles. The van der Waals surface area contributed by atoms with Crippen molar-refractivity contribution in [3.8, 4) is 0 Å². The molecule has 1 fully saturated rings. The van der Waals surface area contributed by atoms with Crippen LogP contribution in [0.5, 0.6) is 0 Å². The largest absolute Gasteiger partial charge is 0.445 e. The van der Waals surface area contributed by atoms with Crippen molar-refractivity contribution in [1.82, 2.24) is 16.0 Å². The second kappa shape index (κ2) is 14.3. The summed E-state index contributed by atoms with van der Waals surface area (Å²) < 4.78 is 16.2. The molecule has 0 saturated heterocycles. The fourth-order valence-electron chi connectivity index (χ4n) is 4.24. The van der Waals surface area contributed by atoms with Gasteiger partial charge in [0.15, 0.2) is 0 Å². The summed E-state index contributed by atoms with van der Waals surface area (Å²) in [6.07, 6.45) is 2.43. The Bertz CT molecular complexity index is 890. The van der Waals surface area contributed by atoms with Gasteiger partial charge in [-0.05, 0) is 97.5 Å². The van der Waals surface area contributed by atoms with E-state index in [1.165, 1.54) is 0 Å². The summed E-state index contributed by atoms with van der Waals surface area (Å²) in [7, 11) is 0. The third kappa shape index (κ3) is 13.5. The maximum Gasteiger partial charge on any atom is 0.407 e. The van der Waals surface area contributed by atoms with Crippen molar-refractivity contribution >= 4 is 18.3 Å². The van der Waals surface area contributed by atoms with E-state index in [4.69, 9.17) is 14.2 Å². The van der Waals surface area contributed by atoms with E-state index in [1.807, 2.05) is 78.8 Å². The van der Waals surface area contributed by atoms with Crippen molar-refractivity contribution in [3.05, 3.63) is 35.9 Å². The first-order valence-electron chi connectivity index (χ1n) is 13.6. The number of hydrogen-bond acceptors (Lipinski definition) is 6. The highest BCUT2D eigenvalue weighted by molar-refractivity contribution is 5.68. The number of amides is 3. The first kappa shape index (κ1) is 31.2. The summed E-state index contributed by atoms with van der Waals surface area (Å²) in [5, 5.41) is 8.67. The number of rotatable bonds is 12. The lowest BCUT2D eigenvalue weighted by molar-refractivity contribution is 0.0477. The molecular formula is C29H47N3O6. The molecule has 1 aliphatic carbocycles. The summed E-state index contributed by atoms with van der Waals surface area (Å²) in [5.74, 6) is 0.843. The van der Waals surface area contributed by atoms with E-state index in [0.717, 1.165) is 31.2 Å². The van der Waals surface area contributed by atoms with Gasteiger partial charge in [0, 0.05) is 19.1 Å². The third-order valence-corrected chi connectivity index (χ3v) is 6.25.